The molecule has 1 heteroatoms. The van der Waals surface area contributed by atoms with Crippen molar-refractivity contribution in [2.75, 3.05) is 0 Å². The number of hydrogen-bond acceptors (Lipinski definition) is 0. The van der Waals surface area contributed by atoms with Gasteiger partial charge in [0.15, 0.2) is 0 Å². The van der Waals surface area contributed by atoms with E-state index in [0.29, 0.717) is 0 Å². The predicted octanol–water partition coefficient (Wildman–Crippen LogP) is 4.92. The van der Waals surface area contributed by atoms with Crippen LogP contribution in [0.3, 0.4) is 0 Å². The molecule has 0 aliphatic heterocycles. The van der Waals surface area contributed by atoms with Gasteiger partial charge >= 0.3 is 0 Å². The predicted molar refractivity (Wildman–Crippen MR) is 81.2 cm³/mol. The fourth-order valence-corrected chi connectivity index (χ4v) is 2.21. The van der Waals surface area contributed by atoms with Crippen LogP contribution in [0.2, 0.25) is 0 Å². The number of aromatic nitrogens is 1. The Labute approximate surface area is 108 Å². The normalized spacial score (nSPS) is 10.1. The van der Waals surface area contributed by atoms with Crippen LogP contribution in [0.1, 0.15) is 22.4 Å². The molecule has 1 nitrogen and oxygen atoms in total. The van der Waals surface area contributed by atoms with Crippen LogP contribution in [0.4, 0.5) is 0 Å². The van der Waals surface area contributed by atoms with Crippen LogP contribution in [0.25, 0.3) is 29.5 Å². The summed E-state index contributed by atoms with van der Waals surface area (Å²) >= 11 is 0. The van der Waals surface area contributed by atoms with Crippen LogP contribution < -0.4 is 0 Å². The maximum absolute atomic E-state index is 3.90. The van der Waals surface area contributed by atoms with Gasteiger partial charge in [-0.05, 0) is 18.6 Å². The second kappa shape index (κ2) is 4.92. The zero-order valence-corrected chi connectivity index (χ0v) is 10.7. The first-order chi connectivity index (χ1) is 8.72. The highest BCUT2D eigenvalue weighted by atomic mass is 14.7. The Morgan fingerprint density at radius 1 is 0.944 bits per heavy atom. The van der Waals surface area contributed by atoms with E-state index in [1.165, 1.54) is 11.1 Å². The highest BCUT2D eigenvalue weighted by Crippen LogP contribution is 2.32. The molecule has 18 heavy (non-hydrogen) atoms. The number of aryl methyl sites for hydroxylation is 1. The van der Waals surface area contributed by atoms with Crippen molar-refractivity contribution in [1.82, 2.24) is 4.98 Å². The van der Waals surface area contributed by atoms with Crippen LogP contribution in [-0.4, -0.2) is 4.98 Å². The molecule has 90 valence electrons. The van der Waals surface area contributed by atoms with Crippen LogP contribution in [-0.2, 0) is 0 Å². The van der Waals surface area contributed by atoms with Crippen LogP contribution >= 0.6 is 0 Å². The minimum absolute atomic E-state index is 0.984. The van der Waals surface area contributed by atoms with Gasteiger partial charge in [-0.2, -0.15) is 0 Å². The molecule has 0 fully saturated rings. The molecule has 1 aromatic heterocycles. The van der Waals surface area contributed by atoms with E-state index in [-0.39, 0.29) is 0 Å². The highest BCUT2D eigenvalue weighted by molar-refractivity contribution is 5.84. The molecule has 0 atom stereocenters. The van der Waals surface area contributed by atoms with Gasteiger partial charge in [0.2, 0.25) is 0 Å². The molecule has 0 saturated carbocycles. The zero-order chi connectivity index (χ0) is 13.1. The van der Waals surface area contributed by atoms with E-state index in [1.54, 1.807) is 0 Å². The van der Waals surface area contributed by atoms with E-state index in [4.69, 9.17) is 0 Å². The Morgan fingerprint density at radius 2 is 1.61 bits per heavy atom. The van der Waals surface area contributed by atoms with Crippen molar-refractivity contribution in [3.63, 3.8) is 0 Å². The Morgan fingerprint density at radius 3 is 2.17 bits per heavy atom. The molecule has 1 heterocycles. The number of rotatable bonds is 4. The summed E-state index contributed by atoms with van der Waals surface area (Å²) in [6, 6.07) is 8.29. The first-order valence-corrected chi connectivity index (χ1v) is 5.92. The monoisotopic (exact) mass is 235 g/mol. The topological polar surface area (TPSA) is 15.8 Å². The Kier molecular flexibility index (Phi) is 3.33. The van der Waals surface area contributed by atoms with E-state index in [1.807, 2.05) is 30.4 Å². The zero-order valence-electron chi connectivity index (χ0n) is 10.7. The molecule has 2 aromatic rings. The van der Waals surface area contributed by atoms with Gasteiger partial charge in [0.1, 0.15) is 0 Å². The lowest BCUT2D eigenvalue weighted by Gasteiger charge is -2.05. The molecule has 0 spiro atoms. The Bertz CT molecular complexity index is 615. The summed E-state index contributed by atoms with van der Waals surface area (Å²) in [5, 5.41) is 0. The molecule has 1 aromatic carbocycles. The van der Waals surface area contributed by atoms with Crippen molar-refractivity contribution in [1.29, 1.82) is 0 Å². The van der Waals surface area contributed by atoms with Crippen molar-refractivity contribution < 1.29 is 0 Å². The molecular formula is C17H17N. The third-order valence-electron chi connectivity index (χ3n) is 3.14. The van der Waals surface area contributed by atoms with E-state index < -0.39 is 0 Å². The van der Waals surface area contributed by atoms with E-state index >= 15 is 0 Å². The molecule has 0 aliphatic carbocycles. The highest BCUT2D eigenvalue weighted by Gasteiger charge is 2.13. The van der Waals surface area contributed by atoms with Gasteiger partial charge in [-0.15, -0.1) is 0 Å². The SMILES string of the molecule is C=Cc1[nH]c(-c2ccccc2C)c(C=C)c1C=C. The summed E-state index contributed by atoms with van der Waals surface area (Å²) in [6.45, 7) is 13.7. The molecule has 1 N–H and O–H groups in total. The summed E-state index contributed by atoms with van der Waals surface area (Å²) in [5.74, 6) is 0. The van der Waals surface area contributed by atoms with Gasteiger partial charge in [-0.25, -0.2) is 0 Å². The summed E-state index contributed by atoms with van der Waals surface area (Å²) in [5.41, 5.74) is 6.61. The van der Waals surface area contributed by atoms with Crippen molar-refractivity contribution >= 4 is 18.2 Å². The standard InChI is InChI=1S/C17H17N/c1-5-13-14(6-2)17(18-16(13)7-3)15-11-9-8-10-12(15)4/h5-11,18H,1-3H2,4H3. The quantitative estimate of drug-likeness (QED) is 0.774. The number of H-pyrrole nitrogens is 1. The maximum Gasteiger partial charge on any atom is 0.0540 e. The molecule has 0 aliphatic rings. The molecule has 0 radical (unpaired) electrons. The number of benzene rings is 1. The van der Waals surface area contributed by atoms with Gasteiger partial charge in [-0.3, -0.25) is 0 Å². The summed E-state index contributed by atoms with van der Waals surface area (Å²) in [4.78, 5) is 3.40. The van der Waals surface area contributed by atoms with Gasteiger partial charge in [-0.1, -0.05) is 56.2 Å². The second-order valence-corrected chi connectivity index (χ2v) is 4.17. The van der Waals surface area contributed by atoms with Crippen LogP contribution in [0.15, 0.2) is 44.0 Å². The largest absolute Gasteiger partial charge is 0.354 e. The molecule has 0 amide bonds. The van der Waals surface area contributed by atoms with Gasteiger partial charge < -0.3 is 4.98 Å². The molecule has 0 bridgehead atoms. The first kappa shape index (κ1) is 12.2. The van der Waals surface area contributed by atoms with Crippen molar-refractivity contribution in [2.24, 2.45) is 0 Å². The van der Waals surface area contributed by atoms with Gasteiger partial charge in [0, 0.05) is 22.4 Å². The van der Waals surface area contributed by atoms with Crippen molar-refractivity contribution in [2.45, 2.75) is 6.92 Å². The number of nitrogens with one attached hydrogen (secondary N) is 1. The van der Waals surface area contributed by atoms with Crippen LogP contribution in [0.5, 0.6) is 0 Å². The summed E-state index contributed by atoms with van der Waals surface area (Å²) in [6.07, 6.45) is 5.51. The number of aromatic amines is 1. The molecular weight excluding hydrogens is 218 g/mol. The molecule has 2 rings (SSSR count). The average Bonchev–Trinajstić information content (AvgIpc) is 2.76. The average molecular weight is 235 g/mol. The van der Waals surface area contributed by atoms with E-state index in [9.17, 15) is 0 Å². The smallest absolute Gasteiger partial charge is 0.0540 e. The van der Waals surface area contributed by atoms with E-state index in [2.05, 4.69) is 43.8 Å². The fourth-order valence-electron chi connectivity index (χ4n) is 2.21. The van der Waals surface area contributed by atoms with E-state index in [0.717, 1.165) is 22.5 Å². The van der Waals surface area contributed by atoms with Crippen molar-refractivity contribution in [3.8, 4) is 11.3 Å². The number of hydrogen-bond donors (Lipinski definition) is 1. The summed E-state index contributed by atoms with van der Waals surface area (Å²) in [7, 11) is 0. The second-order valence-electron chi connectivity index (χ2n) is 4.17. The lowest BCUT2D eigenvalue weighted by Crippen LogP contribution is -1.85. The van der Waals surface area contributed by atoms with Crippen molar-refractivity contribution in [3.05, 3.63) is 66.4 Å². The lowest BCUT2D eigenvalue weighted by atomic mass is 10.0. The third-order valence-corrected chi connectivity index (χ3v) is 3.14. The van der Waals surface area contributed by atoms with Crippen LogP contribution in [0, 0.1) is 6.92 Å². The molecule has 0 saturated heterocycles. The Hall–Kier alpha value is -2.28. The summed E-state index contributed by atoms with van der Waals surface area (Å²) < 4.78 is 0. The minimum atomic E-state index is 0.984. The Balaban J connectivity index is 2.76. The van der Waals surface area contributed by atoms with Gasteiger partial charge in [0.05, 0.1) is 5.69 Å². The first-order valence-electron chi connectivity index (χ1n) is 5.92. The fraction of sp³-hybridized carbons (Fsp3) is 0.0588. The van der Waals surface area contributed by atoms with Gasteiger partial charge in [0.25, 0.3) is 0 Å². The lowest BCUT2D eigenvalue weighted by molar-refractivity contribution is 1.34. The molecule has 0 unspecified atom stereocenters. The third kappa shape index (κ3) is 1.84. The minimum Gasteiger partial charge on any atom is -0.354 e. The maximum atomic E-state index is 3.90.